The SMILES string of the molecule is CC(C)(C)Cn1c(=O)c(C(=O)NC2CC2)c(O)n2nc3nccnc3c12. The Labute approximate surface area is 148 Å². The van der Waals surface area contributed by atoms with Gasteiger partial charge in [-0.2, -0.15) is 4.52 Å². The molecule has 0 saturated heterocycles. The van der Waals surface area contributed by atoms with Crippen molar-refractivity contribution in [1.82, 2.24) is 29.5 Å². The Morgan fingerprint density at radius 3 is 2.65 bits per heavy atom. The number of nitrogens with zero attached hydrogens (tertiary/aromatic N) is 5. The lowest BCUT2D eigenvalue weighted by Gasteiger charge is -2.21. The van der Waals surface area contributed by atoms with E-state index in [2.05, 4.69) is 20.4 Å². The van der Waals surface area contributed by atoms with Crippen LogP contribution in [-0.4, -0.2) is 41.2 Å². The molecular formula is C17H20N6O3. The van der Waals surface area contributed by atoms with Crippen molar-refractivity contribution in [3.63, 3.8) is 0 Å². The van der Waals surface area contributed by atoms with Gasteiger partial charge < -0.3 is 10.4 Å². The molecule has 9 nitrogen and oxygen atoms in total. The summed E-state index contributed by atoms with van der Waals surface area (Å²) in [7, 11) is 0. The molecular weight excluding hydrogens is 336 g/mol. The summed E-state index contributed by atoms with van der Waals surface area (Å²) >= 11 is 0. The molecule has 3 aromatic heterocycles. The summed E-state index contributed by atoms with van der Waals surface area (Å²) in [5, 5.41) is 17.6. The third-order valence-electron chi connectivity index (χ3n) is 4.20. The molecule has 1 amide bonds. The maximum atomic E-state index is 13.1. The minimum absolute atomic E-state index is 0.0630. The summed E-state index contributed by atoms with van der Waals surface area (Å²) in [5.41, 5.74) is -0.0852. The minimum Gasteiger partial charge on any atom is -0.492 e. The van der Waals surface area contributed by atoms with E-state index in [0.29, 0.717) is 23.4 Å². The van der Waals surface area contributed by atoms with Gasteiger partial charge >= 0.3 is 0 Å². The van der Waals surface area contributed by atoms with Crippen LogP contribution in [0.25, 0.3) is 16.8 Å². The molecule has 3 heterocycles. The number of carbonyl (C=O) groups is 1. The topological polar surface area (TPSA) is 114 Å². The minimum atomic E-state index is -0.583. The predicted octanol–water partition coefficient (Wildman–Crippen LogP) is 1.08. The number of nitrogens with one attached hydrogen (secondary N) is 1. The number of rotatable bonds is 3. The Hall–Kier alpha value is -2.97. The summed E-state index contributed by atoms with van der Waals surface area (Å²) in [5.74, 6) is -1.08. The van der Waals surface area contributed by atoms with Gasteiger partial charge in [0.15, 0.2) is 16.7 Å². The number of aromatic nitrogens is 5. The van der Waals surface area contributed by atoms with E-state index in [1.807, 2.05) is 20.8 Å². The van der Waals surface area contributed by atoms with E-state index in [9.17, 15) is 14.7 Å². The lowest BCUT2D eigenvalue weighted by Crippen LogP contribution is -2.37. The van der Waals surface area contributed by atoms with Crippen molar-refractivity contribution >= 4 is 22.7 Å². The molecule has 136 valence electrons. The molecule has 2 N–H and O–H groups in total. The van der Waals surface area contributed by atoms with Gasteiger partial charge in [-0.3, -0.25) is 14.2 Å². The molecule has 0 radical (unpaired) electrons. The average molecular weight is 356 g/mol. The maximum absolute atomic E-state index is 13.1. The number of fused-ring (bicyclic) bond motifs is 3. The van der Waals surface area contributed by atoms with Gasteiger partial charge in [0.25, 0.3) is 11.5 Å². The molecule has 1 saturated carbocycles. The fourth-order valence-electron chi connectivity index (χ4n) is 2.93. The van der Waals surface area contributed by atoms with E-state index < -0.39 is 17.3 Å². The van der Waals surface area contributed by atoms with Crippen LogP contribution in [0.1, 0.15) is 44.0 Å². The number of amides is 1. The van der Waals surface area contributed by atoms with E-state index in [1.165, 1.54) is 21.5 Å². The number of hydrogen-bond donors (Lipinski definition) is 2. The second kappa shape index (κ2) is 5.52. The van der Waals surface area contributed by atoms with Crippen LogP contribution in [0, 0.1) is 5.41 Å². The first-order valence-corrected chi connectivity index (χ1v) is 8.52. The number of hydrogen-bond acceptors (Lipinski definition) is 6. The Kier molecular flexibility index (Phi) is 3.50. The molecule has 0 aliphatic heterocycles. The zero-order chi connectivity index (χ0) is 18.6. The van der Waals surface area contributed by atoms with Gasteiger partial charge in [-0.25, -0.2) is 9.97 Å². The molecule has 9 heteroatoms. The van der Waals surface area contributed by atoms with Crippen molar-refractivity contribution in [2.75, 3.05) is 0 Å². The summed E-state index contributed by atoms with van der Waals surface area (Å²) in [6, 6.07) is 0.0630. The standard InChI is InChI=1S/C17H20N6O3/c1-17(2,3)8-22-14-11-12(19-7-6-18-11)21-23(14)16(26)10(15(22)25)13(24)20-9-4-5-9/h6-7,9,26H,4-5,8H2,1-3H3,(H,20,24). The summed E-state index contributed by atoms with van der Waals surface area (Å²) < 4.78 is 2.63. The Morgan fingerprint density at radius 2 is 2.00 bits per heavy atom. The van der Waals surface area contributed by atoms with Gasteiger partial charge in [-0.05, 0) is 18.3 Å². The zero-order valence-corrected chi connectivity index (χ0v) is 14.9. The van der Waals surface area contributed by atoms with Crippen LogP contribution in [0.15, 0.2) is 17.2 Å². The molecule has 4 rings (SSSR count). The van der Waals surface area contributed by atoms with Crippen LogP contribution >= 0.6 is 0 Å². The van der Waals surface area contributed by atoms with Gasteiger partial charge in [0, 0.05) is 25.0 Å². The molecule has 1 fully saturated rings. The Balaban J connectivity index is 2.05. The van der Waals surface area contributed by atoms with Crippen LogP contribution in [0.3, 0.4) is 0 Å². The molecule has 0 aromatic carbocycles. The number of aromatic hydroxyl groups is 1. The smallest absolute Gasteiger partial charge is 0.270 e. The lowest BCUT2D eigenvalue weighted by molar-refractivity contribution is 0.0944. The molecule has 0 unspecified atom stereocenters. The van der Waals surface area contributed by atoms with Crippen molar-refractivity contribution in [2.24, 2.45) is 5.41 Å². The van der Waals surface area contributed by atoms with Crippen molar-refractivity contribution in [2.45, 2.75) is 46.2 Å². The highest BCUT2D eigenvalue weighted by atomic mass is 16.3. The fraction of sp³-hybridized carbons (Fsp3) is 0.471. The average Bonchev–Trinajstić information content (AvgIpc) is 3.27. The summed E-state index contributed by atoms with van der Waals surface area (Å²) in [6.45, 7) is 6.28. The first kappa shape index (κ1) is 16.5. The maximum Gasteiger partial charge on any atom is 0.270 e. The van der Waals surface area contributed by atoms with Crippen LogP contribution in [0.5, 0.6) is 5.88 Å². The zero-order valence-electron chi connectivity index (χ0n) is 14.9. The normalized spacial score (nSPS) is 14.9. The van der Waals surface area contributed by atoms with Gasteiger partial charge in [0.1, 0.15) is 0 Å². The van der Waals surface area contributed by atoms with Crippen LogP contribution in [-0.2, 0) is 6.54 Å². The van der Waals surface area contributed by atoms with Gasteiger partial charge in [0.2, 0.25) is 11.5 Å². The summed E-state index contributed by atoms with van der Waals surface area (Å²) in [6.07, 6.45) is 4.74. The molecule has 0 bridgehead atoms. The largest absolute Gasteiger partial charge is 0.492 e. The van der Waals surface area contributed by atoms with Crippen molar-refractivity contribution in [1.29, 1.82) is 0 Å². The third-order valence-corrected chi connectivity index (χ3v) is 4.20. The van der Waals surface area contributed by atoms with Gasteiger partial charge in [-0.1, -0.05) is 20.8 Å². The number of carbonyl (C=O) groups excluding carboxylic acids is 1. The highest BCUT2D eigenvalue weighted by Gasteiger charge is 2.31. The van der Waals surface area contributed by atoms with Gasteiger partial charge in [-0.15, -0.1) is 5.10 Å². The molecule has 26 heavy (non-hydrogen) atoms. The quantitative estimate of drug-likeness (QED) is 0.726. The molecule has 0 spiro atoms. The Bertz CT molecular complexity index is 1090. The predicted molar refractivity (Wildman–Crippen MR) is 94.2 cm³/mol. The Morgan fingerprint density at radius 1 is 1.31 bits per heavy atom. The van der Waals surface area contributed by atoms with E-state index in [1.54, 1.807) is 0 Å². The monoisotopic (exact) mass is 356 g/mol. The van der Waals surface area contributed by atoms with E-state index in [-0.39, 0.29) is 17.0 Å². The summed E-state index contributed by atoms with van der Waals surface area (Å²) in [4.78, 5) is 34.1. The first-order valence-electron chi connectivity index (χ1n) is 8.52. The second-order valence-electron chi connectivity index (χ2n) is 7.86. The fourth-order valence-corrected chi connectivity index (χ4v) is 2.93. The van der Waals surface area contributed by atoms with Crippen molar-refractivity contribution in [3.8, 4) is 5.88 Å². The molecule has 0 atom stereocenters. The molecule has 1 aliphatic carbocycles. The molecule has 1 aliphatic rings. The first-order chi connectivity index (χ1) is 12.3. The van der Waals surface area contributed by atoms with Crippen LogP contribution in [0.2, 0.25) is 0 Å². The van der Waals surface area contributed by atoms with E-state index in [4.69, 9.17) is 0 Å². The van der Waals surface area contributed by atoms with E-state index in [0.717, 1.165) is 12.8 Å². The lowest BCUT2D eigenvalue weighted by atomic mass is 9.97. The van der Waals surface area contributed by atoms with E-state index >= 15 is 0 Å². The van der Waals surface area contributed by atoms with Crippen molar-refractivity contribution in [3.05, 3.63) is 28.3 Å². The highest BCUT2D eigenvalue weighted by molar-refractivity contribution is 5.97. The van der Waals surface area contributed by atoms with Crippen LogP contribution in [0.4, 0.5) is 0 Å². The van der Waals surface area contributed by atoms with Gasteiger partial charge in [0.05, 0.1) is 0 Å². The van der Waals surface area contributed by atoms with Crippen molar-refractivity contribution < 1.29 is 9.90 Å². The highest BCUT2D eigenvalue weighted by Crippen LogP contribution is 2.26. The third kappa shape index (κ3) is 2.69. The van der Waals surface area contributed by atoms with Crippen LogP contribution < -0.4 is 10.9 Å². The second-order valence-corrected chi connectivity index (χ2v) is 7.86. The molecule has 3 aromatic rings.